The van der Waals surface area contributed by atoms with Crippen LogP contribution < -0.4 is 10.5 Å². The lowest BCUT2D eigenvalue weighted by Crippen LogP contribution is -2.33. The number of amides is 1. The van der Waals surface area contributed by atoms with Crippen molar-refractivity contribution in [2.45, 2.75) is 37.1 Å². The smallest absolute Gasteiger partial charge is 0.254 e. The van der Waals surface area contributed by atoms with Crippen molar-refractivity contribution in [3.05, 3.63) is 28.5 Å². The Bertz CT molecular complexity index is 678. The lowest BCUT2D eigenvalue weighted by Gasteiger charge is -2.14. The summed E-state index contributed by atoms with van der Waals surface area (Å²) in [5.41, 5.74) is -0.372. The molecule has 3 N–H and O–H groups in total. The van der Waals surface area contributed by atoms with E-state index in [2.05, 4.69) is 12.2 Å². The molecule has 8 heteroatoms. The zero-order valence-electron chi connectivity index (χ0n) is 11.4. The molecular weight excluding hydrogens is 319 g/mol. The second kappa shape index (κ2) is 5.90. The number of nitrogens with one attached hydrogen (secondary N) is 1. The Kier molecular flexibility index (Phi) is 4.55. The van der Waals surface area contributed by atoms with Crippen LogP contribution in [0.15, 0.2) is 17.0 Å². The maximum atomic E-state index is 13.8. The van der Waals surface area contributed by atoms with E-state index in [0.29, 0.717) is 5.92 Å². The quantitative estimate of drug-likeness (QED) is 0.886. The van der Waals surface area contributed by atoms with E-state index in [4.69, 9.17) is 16.7 Å². The van der Waals surface area contributed by atoms with Crippen molar-refractivity contribution >= 4 is 27.5 Å². The highest BCUT2D eigenvalue weighted by Crippen LogP contribution is 2.27. The van der Waals surface area contributed by atoms with Gasteiger partial charge in [0.05, 0.1) is 10.6 Å². The Balaban J connectivity index is 2.29. The number of hydrogen-bond acceptors (Lipinski definition) is 3. The number of benzene rings is 1. The Morgan fingerprint density at radius 1 is 1.43 bits per heavy atom. The molecule has 0 bridgehead atoms. The number of rotatable bonds is 3. The zero-order valence-corrected chi connectivity index (χ0v) is 13.0. The topological polar surface area (TPSA) is 89.3 Å². The standard InChI is InChI=1S/C13H16ClFN2O3S/c1-7-2-3-8(4-7)17-13(18)9-5-12(21(16,19)20)10(14)6-11(9)15/h5-8H,2-4H2,1H3,(H,17,18)(H2,16,19,20). The fraction of sp³-hybridized carbons (Fsp3) is 0.462. The average Bonchev–Trinajstić information content (AvgIpc) is 2.72. The number of sulfonamides is 1. The van der Waals surface area contributed by atoms with Crippen LogP contribution in [0, 0.1) is 11.7 Å². The maximum absolute atomic E-state index is 13.8. The van der Waals surface area contributed by atoms with Gasteiger partial charge in [0.1, 0.15) is 10.7 Å². The molecule has 1 aromatic rings. The number of halogens is 2. The molecule has 1 saturated carbocycles. The summed E-state index contributed by atoms with van der Waals surface area (Å²) in [5.74, 6) is -1.03. The molecule has 2 rings (SSSR count). The van der Waals surface area contributed by atoms with Crippen LogP contribution in [0.1, 0.15) is 36.5 Å². The van der Waals surface area contributed by atoms with E-state index >= 15 is 0 Å². The van der Waals surface area contributed by atoms with Gasteiger partial charge in [0, 0.05) is 6.04 Å². The number of carbonyl (C=O) groups excluding carboxylic acids is 1. The van der Waals surface area contributed by atoms with Gasteiger partial charge in [-0.2, -0.15) is 0 Å². The fourth-order valence-electron chi connectivity index (χ4n) is 2.52. The first-order valence-electron chi connectivity index (χ1n) is 6.51. The lowest BCUT2D eigenvalue weighted by molar-refractivity contribution is 0.0933. The molecule has 5 nitrogen and oxygen atoms in total. The summed E-state index contributed by atoms with van der Waals surface area (Å²) in [6, 6.07) is 1.63. The van der Waals surface area contributed by atoms with Gasteiger partial charge >= 0.3 is 0 Å². The molecule has 0 aromatic heterocycles. The zero-order chi connectivity index (χ0) is 15.8. The molecule has 21 heavy (non-hydrogen) atoms. The van der Waals surface area contributed by atoms with Gasteiger partial charge in [0.25, 0.3) is 5.91 Å². The molecule has 0 heterocycles. The third-order valence-corrected chi connectivity index (χ3v) is 4.98. The normalized spacial score (nSPS) is 22.3. The third kappa shape index (κ3) is 3.72. The summed E-state index contributed by atoms with van der Waals surface area (Å²) in [6.45, 7) is 2.08. The Morgan fingerprint density at radius 3 is 2.62 bits per heavy atom. The van der Waals surface area contributed by atoms with E-state index in [1.165, 1.54) is 0 Å². The van der Waals surface area contributed by atoms with Crippen LogP contribution in [-0.4, -0.2) is 20.4 Å². The summed E-state index contributed by atoms with van der Waals surface area (Å²) >= 11 is 5.65. The Morgan fingerprint density at radius 2 is 2.10 bits per heavy atom. The van der Waals surface area contributed by atoms with Crippen LogP contribution in [0.25, 0.3) is 0 Å². The maximum Gasteiger partial charge on any atom is 0.254 e. The van der Waals surface area contributed by atoms with Gasteiger partial charge in [0.15, 0.2) is 0 Å². The van der Waals surface area contributed by atoms with E-state index in [1.54, 1.807) is 0 Å². The molecule has 1 fully saturated rings. The van der Waals surface area contributed by atoms with Gasteiger partial charge < -0.3 is 5.32 Å². The highest BCUT2D eigenvalue weighted by atomic mass is 35.5. The highest BCUT2D eigenvalue weighted by Gasteiger charge is 2.26. The van der Waals surface area contributed by atoms with Gasteiger partial charge in [-0.15, -0.1) is 0 Å². The number of nitrogens with two attached hydrogens (primary N) is 1. The van der Waals surface area contributed by atoms with E-state index in [9.17, 15) is 17.6 Å². The molecule has 0 radical (unpaired) electrons. The molecule has 0 spiro atoms. The molecule has 1 amide bonds. The van der Waals surface area contributed by atoms with Gasteiger partial charge in [-0.25, -0.2) is 17.9 Å². The third-order valence-electron chi connectivity index (χ3n) is 3.60. The molecule has 1 aliphatic carbocycles. The largest absolute Gasteiger partial charge is 0.349 e. The molecule has 0 saturated heterocycles. The van der Waals surface area contributed by atoms with Crippen LogP contribution in [-0.2, 0) is 10.0 Å². The molecule has 0 aliphatic heterocycles. The molecule has 116 valence electrons. The van der Waals surface area contributed by atoms with E-state index in [1.807, 2.05) is 0 Å². The second-order valence-electron chi connectivity index (χ2n) is 5.40. The number of primary sulfonamides is 1. The summed E-state index contributed by atoms with van der Waals surface area (Å²) in [6.07, 6.45) is 2.64. The van der Waals surface area contributed by atoms with Crippen molar-refractivity contribution in [3.8, 4) is 0 Å². The molecule has 1 aromatic carbocycles. The monoisotopic (exact) mass is 334 g/mol. The fourth-order valence-corrected chi connectivity index (χ4v) is 3.61. The van der Waals surface area contributed by atoms with Gasteiger partial charge in [-0.1, -0.05) is 18.5 Å². The molecular formula is C13H16ClFN2O3S. The Hall–Kier alpha value is -1.18. The predicted octanol–water partition coefficient (Wildman–Crippen LogP) is 2.04. The summed E-state index contributed by atoms with van der Waals surface area (Å²) < 4.78 is 36.6. The van der Waals surface area contributed by atoms with Crippen LogP contribution in [0.2, 0.25) is 5.02 Å². The molecule has 2 atom stereocenters. The van der Waals surface area contributed by atoms with Gasteiger partial charge in [-0.05, 0) is 37.3 Å². The predicted molar refractivity (Wildman–Crippen MR) is 77.1 cm³/mol. The lowest BCUT2D eigenvalue weighted by atomic mass is 10.1. The van der Waals surface area contributed by atoms with Crippen LogP contribution >= 0.6 is 11.6 Å². The van der Waals surface area contributed by atoms with Crippen molar-refractivity contribution in [1.29, 1.82) is 0 Å². The van der Waals surface area contributed by atoms with Gasteiger partial charge in [-0.3, -0.25) is 4.79 Å². The van der Waals surface area contributed by atoms with Gasteiger partial charge in [0.2, 0.25) is 10.0 Å². The minimum atomic E-state index is -4.12. The van der Waals surface area contributed by atoms with Crippen LogP contribution in [0.4, 0.5) is 4.39 Å². The van der Waals surface area contributed by atoms with Crippen molar-refractivity contribution in [2.24, 2.45) is 11.1 Å². The number of carbonyl (C=O) groups is 1. The van der Waals surface area contributed by atoms with Crippen LogP contribution in [0.5, 0.6) is 0 Å². The Labute approximate surface area is 127 Å². The molecule has 2 unspecified atom stereocenters. The summed E-state index contributed by atoms with van der Waals surface area (Å²) in [7, 11) is -4.12. The minimum Gasteiger partial charge on any atom is -0.349 e. The van der Waals surface area contributed by atoms with Crippen molar-refractivity contribution in [1.82, 2.24) is 5.32 Å². The first kappa shape index (κ1) is 16.2. The summed E-state index contributed by atoms with van der Waals surface area (Å²) in [4.78, 5) is 11.6. The number of hydrogen-bond donors (Lipinski definition) is 2. The molecule has 1 aliphatic rings. The van der Waals surface area contributed by atoms with Crippen molar-refractivity contribution in [2.75, 3.05) is 0 Å². The first-order chi connectivity index (χ1) is 9.68. The second-order valence-corrected chi connectivity index (χ2v) is 7.33. The van der Waals surface area contributed by atoms with E-state index in [0.717, 1.165) is 31.4 Å². The average molecular weight is 335 g/mol. The summed E-state index contributed by atoms with van der Waals surface area (Å²) in [5, 5.41) is 7.35. The van der Waals surface area contributed by atoms with E-state index < -0.39 is 26.6 Å². The highest BCUT2D eigenvalue weighted by molar-refractivity contribution is 7.89. The van der Waals surface area contributed by atoms with Crippen molar-refractivity contribution in [3.63, 3.8) is 0 Å². The van der Waals surface area contributed by atoms with E-state index in [-0.39, 0.29) is 16.6 Å². The van der Waals surface area contributed by atoms with Crippen molar-refractivity contribution < 1.29 is 17.6 Å². The van der Waals surface area contributed by atoms with Crippen LogP contribution in [0.3, 0.4) is 0 Å². The minimum absolute atomic E-state index is 0.0273. The SMILES string of the molecule is CC1CCC(NC(=O)c2cc(S(N)(=O)=O)c(Cl)cc2F)C1. The first-order valence-corrected chi connectivity index (χ1v) is 8.43.